The van der Waals surface area contributed by atoms with Crippen molar-refractivity contribution in [1.82, 2.24) is 9.97 Å². The molecule has 1 unspecified atom stereocenters. The first kappa shape index (κ1) is 16.7. The Morgan fingerprint density at radius 2 is 1.85 bits per heavy atom. The van der Waals surface area contributed by atoms with Crippen LogP contribution in [-0.2, 0) is 6.42 Å². The van der Waals surface area contributed by atoms with Gasteiger partial charge in [0, 0.05) is 13.0 Å². The van der Waals surface area contributed by atoms with Gasteiger partial charge in [0.2, 0.25) is 5.88 Å². The van der Waals surface area contributed by atoms with E-state index < -0.39 is 0 Å². The summed E-state index contributed by atoms with van der Waals surface area (Å²) < 4.78 is 6.00. The predicted molar refractivity (Wildman–Crippen MR) is 84.5 cm³/mol. The fourth-order valence-electron chi connectivity index (χ4n) is 2.06. The van der Waals surface area contributed by atoms with E-state index in [1.165, 1.54) is 0 Å². The molecule has 0 amide bonds. The maximum absolute atomic E-state index is 6.00. The summed E-state index contributed by atoms with van der Waals surface area (Å²) in [6.45, 7) is 11.5. The van der Waals surface area contributed by atoms with E-state index in [0.717, 1.165) is 61.7 Å². The lowest BCUT2D eigenvalue weighted by molar-refractivity contribution is 0.199. The molecule has 0 spiro atoms. The smallest absolute Gasteiger partial charge is 0.222 e. The molecule has 0 aliphatic carbocycles. The summed E-state index contributed by atoms with van der Waals surface area (Å²) in [4.78, 5) is 9.19. The van der Waals surface area contributed by atoms with Crippen LogP contribution in [0.25, 0.3) is 0 Å². The summed E-state index contributed by atoms with van der Waals surface area (Å²) in [5.41, 5.74) is 1.02. The van der Waals surface area contributed by atoms with Crippen LogP contribution < -0.4 is 10.1 Å². The van der Waals surface area contributed by atoms with E-state index in [9.17, 15) is 0 Å². The molecular weight excluding hydrogens is 250 g/mol. The first-order valence-corrected chi connectivity index (χ1v) is 7.90. The summed E-state index contributed by atoms with van der Waals surface area (Å²) in [6, 6.07) is 0. The van der Waals surface area contributed by atoms with Gasteiger partial charge in [0.15, 0.2) is 0 Å². The van der Waals surface area contributed by atoms with Gasteiger partial charge in [-0.25, -0.2) is 4.98 Å². The van der Waals surface area contributed by atoms with Gasteiger partial charge in [-0.3, -0.25) is 0 Å². The van der Waals surface area contributed by atoms with Crippen LogP contribution in [0.3, 0.4) is 0 Å². The molecule has 4 heteroatoms. The van der Waals surface area contributed by atoms with Crippen molar-refractivity contribution in [1.29, 1.82) is 0 Å². The third kappa shape index (κ3) is 4.99. The lowest BCUT2D eigenvalue weighted by atomic mass is 10.2. The fourth-order valence-corrected chi connectivity index (χ4v) is 2.06. The Balaban J connectivity index is 2.97. The van der Waals surface area contributed by atoms with Gasteiger partial charge < -0.3 is 10.1 Å². The molecule has 0 saturated carbocycles. The van der Waals surface area contributed by atoms with E-state index in [1.54, 1.807) is 0 Å². The van der Waals surface area contributed by atoms with Gasteiger partial charge >= 0.3 is 0 Å². The molecule has 0 fully saturated rings. The number of hydrogen-bond donors (Lipinski definition) is 1. The third-order valence-corrected chi connectivity index (χ3v) is 3.17. The molecule has 1 N–H and O–H groups in total. The molecular formula is C16H29N3O. The minimum Gasteiger partial charge on any atom is -0.474 e. The van der Waals surface area contributed by atoms with Crippen LogP contribution in [0.2, 0.25) is 0 Å². The molecule has 20 heavy (non-hydrogen) atoms. The van der Waals surface area contributed by atoms with Crippen molar-refractivity contribution in [3.05, 3.63) is 11.4 Å². The first-order valence-electron chi connectivity index (χ1n) is 7.90. The van der Waals surface area contributed by atoms with Crippen molar-refractivity contribution < 1.29 is 4.74 Å². The van der Waals surface area contributed by atoms with Gasteiger partial charge in [0.05, 0.1) is 11.7 Å². The Labute approximate surface area is 123 Å². The SMILES string of the molecule is CCCNc1nc(CCC)nc(OC(C)CCC)c1C. The highest BCUT2D eigenvalue weighted by Crippen LogP contribution is 2.24. The summed E-state index contributed by atoms with van der Waals surface area (Å²) in [5, 5.41) is 3.38. The van der Waals surface area contributed by atoms with Crippen LogP contribution in [0.4, 0.5) is 5.82 Å². The van der Waals surface area contributed by atoms with Crippen LogP contribution >= 0.6 is 0 Å². The van der Waals surface area contributed by atoms with E-state index >= 15 is 0 Å². The molecule has 0 bridgehead atoms. The molecule has 1 aromatic rings. The number of nitrogens with one attached hydrogen (secondary N) is 1. The van der Waals surface area contributed by atoms with Gasteiger partial charge in [0.25, 0.3) is 0 Å². The third-order valence-electron chi connectivity index (χ3n) is 3.17. The normalized spacial score (nSPS) is 12.2. The van der Waals surface area contributed by atoms with Gasteiger partial charge in [-0.05, 0) is 33.1 Å². The minimum atomic E-state index is 0.196. The second-order valence-corrected chi connectivity index (χ2v) is 5.31. The highest BCUT2D eigenvalue weighted by Gasteiger charge is 2.14. The maximum atomic E-state index is 6.00. The first-order chi connectivity index (χ1) is 9.62. The van der Waals surface area contributed by atoms with Crippen LogP contribution in [0.15, 0.2) is 0 Å². The lowest BCUT2D eigenvalue weighted by Gasteiger charge is -2.18. The van der Waals surface area contributed by atoms with Gasteiger partial charge in [-0.1, -0.05) is 27.2 Å². The molecule has 1 atom stereocenters. The molecule has 0 aliphatic rings. The van der Waals surface area contributed by atoms with E-state index in [1.807, 2.05) is 6.92 Å². The molecule has 1 aromatic heterocycles. The fraction of sp³-hybridized carbons (Fsp3) is 0.750. The summed E-state index contributed by atoms with van der Waals surface area (Å²) in [5.74, 6) is 2.53. The zero-order chi connectivity index (χ0) is 15.0. The molecule has 1 heterocycles. The van der Waals surface area contributed by atoms with Crippen LogP contribution in [0.5, 0.6) is 5.88 Å². The molecule has 0 aromatic carbocycles. The largest absolute Gasteiger partial charge is 0.474 e. The summed E-state index contributed by atoms with van der Waals surface area (Å²) >= 11 is 0. The number of nitrogens with zero attached hydrogens (tertiary/aromatic N) is 2. The van der Waals surface area contributed by atoms with Gasteiger partial charge in [0.1, 0.15) is 11.6 Å². The van der Waals surface area contributed by atoms with Crippen LogP contribution in [0.1, 0.15) is 64.8 Å². The summed E-state index contributed by atoms with van der Waals surface area (Å²) in [7, 11) is 0. The molecule has 0 aliphatic heterocycles. The number of hydrogen-bond acceptors (Lipinski definition) is 4. The molecule has 0 saturated heterocycles. The Morgan fingerprint density at radius 3 is 2.45 bits per heavy atom. The Kier molecular flexibility index (Phi) is 7.34. The average Bonchev–Trinajstić information content (AvgIpc) is 2.41. The minimum absolute atomic E-state index is 0.196. The summed E-state index contributed by atoms with van der Waals surface area (Å²) in [6.07, 6.45) is 5.37. The van der Waals surface area contributed by atoms with E-state index in [-0.39, 0.29) is 6.10 Å². The maximum Gasteiger partial charge on any atom is 0.222 e. The van der Waals surface area contributed by atoms with Crippen molar-refractivity contribution in [2.24, 2.45) is 0 Å². The van der Waals surface area contributed by atoms with E-state index in [0.29, 0.717) is 0 Å². The van der Waals surface area contributed by atoms with Crippen LogP contribution in [-0.4, -0.2) is 22.6 Å². The Hall–Kier alpha value is -1.32. The van der Waals surface area contributed by atoms with Crippen LogP contribution in [0, 0.1) is 6.92 Å². The number of rotatable bonds is 9. The van der Waals surface area contributed by atoms with Crippen molar-refractivity contribution >= 4 is 5.82 Å². The highest BCUT2D eigenvalue weighted by atomic mass is 16.5. The second kappa shape index (κ2) is 8.77. The quantitative estimate of drug-likeness (QED) is 0.738. The standard InChI is InChI=1S/C16H29N3O/c1-6-9-12(4)20-16-13(5)15(17-11-8-3)18-14(19-16)10-7-2/h12H,6-11H2,1-5H3,(H,17,18,19). The molecule has 0 radical (unpaired) electrons. The molecule has 4 nitrogen and oxygen atoms in total. The monoisotopic (exact) mass is 279 g/mol. The highest BCUT2D eigenvalue weighted by molar-refractivity contribution is 5.48. The topological polar surface area (TPSA) is 47.0 Å². The van der Waals surface area contributed by atoms with E-state index in [2.05, 4.69) is 43.0 Å². The van der Waals surface area contributed by atoms with E-state index in [4.69, 9.17) is 4.74 Å². The Bertz CT molecular complexity index is 407. The van der Waals surface area contributed by atoms with Crippen molar-refractivity contribution in [3.8, 4) is 5.88 Å². The predicted octanol–water partition coefficient (Wildman–Crippen LogP) is 4.13. The number of ether oxygens (including phenoxy) is 1. The number of aromatic nitrogens is 2. The van der Waals surface area contributed by atoms with Crippen molar-refractivity contribution in [3.63, 3.8) is 0 Å². The number of anilines is 1. The zero-order valence-corrected chi connectivity index (χ0v) is 13.6. The second-order valence-electron chi connectivity index (χ2n) is 5.31. The molecule has 114 valence electrons. The van der Waals surface area contributed by atoms with Crippen molar-refractivity contribution in [2.75, 3.05) is 11.9 Å². The van der Waals surface area contributed by atoms with Gasteiger partial charge in [-0.15, -0.1) is 0 Å². The Morgan fingerprint density at radius 1 is 1.10 bits per heavy atom. The van der Waals surface area contributed by atoms with Crippen molar-refractivity contribution in [2.45, 2.75) is 72.8 Å². The lowest BCUT2D eigenvalue weighted by Crippen LogP contribution is -2.16. The average molecular weight is 279 g/mol. The molecule has 1 rings (SSSR count). The zero-order valence-electron chi connectivity index (χ0n) is 13.6. The number of aryl methyl sites for hydroxylation is 1. The van der Waals surface area contributed by atoms with Gasteiger partial charge in [-0.2, -0.15) is 4.98 Å².